The zero-order valence-electron chi connectivity index (χ0n) is 7.45. The third-order valence-corrected chi connectivity index (χ3v) is 0.886. The molecule has 12 heavy (non-hydrogen) atoms. The Hall–Kier alpha value is -1.49. The Labute approximate surface area is 82.6 Å². The predicted octanol–water partition coefficient (Wildman–Crippen LogP) is 2.04. The monoisotopic (exact) mass is 587 g/mol. The summed E-state index contributed by atoms with van der Waals surface area (Å²) in [4.78, 5) is 3.89. The van der Waals surface area contributed by atoms with Crippen LogP contribution in [0.4, 0.5) is 0 Å². The fourth-order valence-electron chi connectivity index (χ4n) is 0.344. The predicted molar refractivity (Wildman–Crippen MR) is 45.3 cm³/mol. The Bertz CT molecular complexity index is 146. The van der Waals surface area contributed by atoms with Gasteiger partial charge in [-0.05, 0) is 0 Å². The summed E-state index contributed by atoms with van der Waals surface area (Å²) in [6, 6.07) is 0. The van der Waals surface area contributed by atoms with E-state index in [4.69, 9.17) is 5.41 Å². The van der Waals surface area contributed by atoms with Crippen LogP contribution in [0.3, 0.4) is 0 Å². The van der Waals surface area contributed by atoms with E-state index in [9.17, 15) is 0 Å². The topological polar surface area (TPSA) is 36.2 Å². The molecule has 0 unspecified atom stereocenters. The number of allylic oxidation sites excluding steroid dienone is 1. The molecular formula is C8H12N2RfW-2. The van der Waals surface area contributed by atoms with Crippen LogP contribution in [0.5, 0.6) is 0 Å². The maximum atomic E-state index is 6.82. The van der Waals surface area contributed by atoms with Crippen molar-refractivity contribution in [3.05, 3.63) is 24.6 Å². The summed E-state index contributed by atoms with van der Waals surface area (Å²) >= 11 is 0. The summed E-state index contributed by atoms with van der Waals surface area (Å²) in [5, 5.41) is 6.82. The smallest absolute Gasteiger partial charge is 0 e. The molecule has 0 aliphatic carbocycles. The molecule has 0 heterocycles. The number of hydrogen-bond donors (Lipinski definition) is 1. The maximum Gasteiger partial charge on any atom is 0 e. The molecular weight excluding hydrogens is 575 g/mol. The van der Waals surface area contributed by atoms with E-state index in [0.717, 1.165) is 5.92 Å². The normalized spacial score (nSPS) is 8.83. The minimum absolute atomic E-state index is 0. The van der Waals surface area contributed by atoms with Gasteiger partial charge in [-0.2, -0.15) is 19.1 Å². The second kappa shape index (κ2) is 12.2. The SMILES string of the molecule is C[CH-]C=N/C=C\[C-](C)C=N.[Rf].[W]. The molecule has 0 fully saturated rings. The molecule has 0 atom stereocenters. The third kappa shape index (κ3) is 11.3. The first kappa shape index (κ1) is 16.9. The number of aliphatic imine (C=N–C) groups is 1. The molecule has 0 aliphatic heterocycles. The quantitative estimate of drug-likeness (QED) is 0.387. The van der Waals surface area contributed by atoms with Gasteiger partial charge >= 0.3 is 0 Å². The fraction of sp³-hybridized carbons (Fsp3) is 0.250. The van der Waals surface area contributed by atoms with Crippen molar-refractivity contribution in [1.29, 1.82) is 5.41 Å². The molecule has 0 rings (SSSR count). The number of nitrogens with zero attached hydrogens (tertiary/aromatic N) is 1. The molecule has 0 bridgehead atoms. The molecule has 4 heteroatoms. The van der Waals surface area contributed by atoms with Gasteiger partial charge in [0.15, 0.2) is 0 Å². The molecule has 0 saturated carbocycles. The van der Waals surface area contributed by atoms with Gasteiger partial charge in [-0.25, -0.2) is 6.08 Å². The molecule has 0 aromatic carbocycles. The van der Waals surface area contributed by atoms with Gasteiger partial charge in [-0.3, -0.25) is 0 Å². The van der Waals surface area contributed by atoms with Gasteiger partial charge in [0.2, 0.25) is 0 Å². The van der Waals surface area contributed by atoms with Crippen molar-refractivity contribution in [2.24, 2.45) is 4.99 Å². The van der Waals surface area contributed by atoms with Crippen molar-refractivity contribution < 1.29 is 21.1 Å². The minimum Gasteiger partial charge on any atom is -0.394 e. The summed E-state index contributed by atoms with van der Waals surface area (Å²) in [5.41, 5.74) is 0. The van der Waals surface area contributed by atoms with Gasteiger partial charge in [0.25, 0.3) is 0 Å². The molecule has 0 amide bonds. The van der Waals surface area contributed by atoms with Gasteiger partial charge < -0.3 is 16.8 Å². The van der Waals surface area contributed by atoms with Crippen LogP contribution < -0.4 is 0 Å². The van der Waals surface area contributed by atoms with Crippen molar-refractivity contribution in [2.45, 2.75) is 13.8 Å². The standard InChI is InChI=1S/C8H12N2.Rf.W/c1-3-5-10-6-4-8(2)7-9;;/h3-7,9H,1-2H3;;/q-2;;/b6-4-,9-7?,10-5?;;. The minimum atomic E-state index is 0. The van der Waals surface area contributed by atoms with E-state index in [1.165, 1.54) is 6.21 Å². The fourth-order valence-corrected chi connectivity index (χ4v) is 0.344. The van der Waals surface area contributed by atoms with Gasteiger partial charge in [-0.1, -0.05) is 6.21 Å². The Morgan fingerprint density at radius 1 is 1.50 bits per heavy atom. The van der Waals surface area contributed by atoms with Crippen LogP contribution in [0.1, 0.15) is 13.8 Å². The van der Waals surface area contributed by atoms with E-state index in [1.54, 1.807) is 18.5 Å². The summed E-state index contributed by atoms with van der Waals surface area (Å²) in [7, 11) is 0. The second-order valence-corrected chi connectivity index (χ2v) is 1.84. The molecule has 0 spiro atoms. The largest absolute Gasteiger partial charge is 0.394 e. The van der Waals surface area contributed by atoms with Crippen LogP contribution in [0, 0.1) is 17.7 Å². The molecule has 0 radical (unpaired) electrons. The zero-order chi connectivity index (χ0) is 7.82. The third-order valence-electron chi connectivity index (χ3n) is 0.886. The second-order valence-electron chi connectivity index (χ2n) is 1.84. The summed E-state index contributed by atoms with van der Waals surface area (Å²) in [5.74, 6) is 0.897. The van der Waals surface area contributed by atoms with Gasteiger partial charge in [0.1, 0.15) is 0 Å². The van der Waals surface area contributed by atoms with Crippen molar-refractivity contribution >= 4 is 12.4 Å². The molecule has 0 aliphatic rings. The molecule has 0 aromatic heterocycles. The van der Waals surface area contributed by atoms with Crippen LogP contribution >= 0.6 is 0 Å². The Balaban J connectivity index is -0.000000405. The Morgan fingerprint density at radius 2 is 2.08 bits per heavy atom. The molecule has 0 saturated heterocycles. The molecule has 2 nitrogen and oxygen atoms in total. The molecule has 1 N–H and O–H groups in total. The summed E-state index contributed by atoms with van der Waals surface area (Å²) < 4.78 is 0. The van der Waals surface area contributed by atoms with Crippen molar-refractivity contribution in [2.75, 3.05) is 0 Å². The van der Waals surface area contributed by atoms with E-state index in [2.05, 4.69) is 4.99 Å². The first-order chi connectivity index (χ1) is 4.81. The van der Waals surface area contributed by atoms with Crippen molar-refractivity contribution in [3.63, 3.8) is 0 Å². The number of hydrogen-bond acceptors (Lipinski definition) is 2. The van der Waals surface area contributed by atoms with Crippen molar-refractivity contribution in [3.8, 4) is 0 Å². The average Bonchev–Trinajstić information content (AvgIpc) is 1.98. The average molecular weight is 587 g/mol. The number of nitrogens with one attached hydrogen (secondary N) is 1. The van der Waals surface area contributed by atoms with Crippen molar-refractivity contribution in [1.82, 2.24) is 0 Å². The molecule has 64 valence electrons. The van der Waals surface area contributed by atoms with Crippen LogP contribution in [0.15, 0.2) is 17.3 Å². The first-order valence-electron chi connectivity index (χ1n) is 3.13. The maximum absolute atomic E-state index is 6.82. The van der Waals surface area contributed by atoms with Crippen LogP contribution in [0.2, 0.25) is 0 Å². The van der Waals surface area contributed by atoms with E-state index < -0.39 is 0 Å². The van der Waals surface area contributed by atoms with Crippen LogP contribution in [-0.2, 0) is 21.1 Å². The van der Waals surface area contributed by atoms with Gasteiger partial charge in [0, 0.05) is 21.1 Å². The summed E-state index contributed by atoms with van der Waals surface area (Å²) in [6.07, 6.45) is 8.30. The van der Waals surface area contributed by atoms with Gasteiger partial charge in [-0.15, -0.1) is 13.1 Å². The van der Waals surface area contributed by atoms with Crippen LogP contribution in [0.25, 0.3) is 0 Å². The Morgan fingerprint density at radius 3 is 2.50 bits per heavy atom. The summed E-state index contributed by atoms with van der Waals surface area (Å²) in [6.45, 7) is 3.76. The van der Waals surface area contributed by atoms with Crippen LogP contribution in [-0.4, -0.2) is 12.4 Å². The van der Waals surface area contributed by atoms with E-state index in [1.807, 2.05) is 20.3 Å². The first-order valence-corrected chi connectivity index (χ1v) is 3.13. The Kier molecular flexibility index (Phi) is 17.1. The molecule has 0 aromatic rings. The van der Waals surface area contributed by atoms with Gasteiger partial charge in [0.05, 0.1) is 0 Å². The van der Waals surface area contributed by atoms with E-state index in [-0.39, 0.29) is 21.1 Å². The van der Waals surface area contributed by atoms with E-state index >= 15 is 0 Å². The zero-order valence-corrected chi connectivity index (χ0v) is 16.8. The van der Waals surface area contributed by atoms with E-state index in [0.29, 0.717) is 0 Å². The number of rotatable bonds is 4.